The molecule has 1 fully saturated rings. The first-order valence-electron chi connectivity index (χ1n) is 4.51. The minimum atomic E-state index is 0.341. The normalized spacial score (nSPS) is 19.0. The first-order chi connectivity index (χ1) is 6.36. The van der Waals surface area contributed by atoms with Gasteiger partial charge in [-0.05, 0) is 12.8 Å². The zero-order valence-corrected chi connectivity index (χ0v) is 8.11. The molecule has 0 bridgehead atoms. The average Bonchev–Trinajstić information content (AvgIpc) is 2.20. The van der Waals surface area contributed by atoms with Gasteiger partial charge >= 0.3 is 0 Å². The van der Waals surface area contributed by atoms with Crippen molar-refractivity contribution in [1.29, 1.82) is 0 Å². The van der Waals surface area contributed by atoms with Crippen molar-refractivity contribution in [3.63, 3.8) is 0 Å². The third-order valence-electron chi connectivity index (χ3n) is 2.30. The molecule has 0 N–H and O–H groups in total. The highest BCUT2D eigenvalue weighted by atomic mass is 35.5. The summed E-state index contributed by atoms with van der Waals surface area (Å²) in [5.41, 5.74) is 0. The van der Waals surface area contributed by atoms with Crippen molar-refractivity contribution in [2.75, 3.05) is 18.0 Å². The Morgan fingerprint density at radius 2 is 2.08 bits per heavy atom. The second-order valence-corrected chi connectivity index (χ2v) is 3.84. The number of nitrogens with zero attached hydrogens (tertiary/aromatic N) is 3. The average molecular weight is 198 g/mol. The van der Waals surface area contributed by atoms with E-state index in [9.17, 15) is 0 Å². The molecule has 0 amide bonds. The van der Waals surface area contributed by atoms with Crippen LogP contribution in [0.25, 0.3) is 0 Å². The Morgan fingerprint density at radius 3 is 2.69 bits per heavy atom. The van der Waals surface area contributed by atoms with E-state index in [0.29, 0.717) is 5.38 Å². The second kappa shape index (κ2) is 3.92. The van der Waals surface area contributed by atoms with E-state index in [0.717, 1.165) is 31.7 Å². The van der Waals surface area contributed by atoms with Gasteiger partial charge in [-0.15, -0.1) is 11.6 Å². The molecule has 0 spiro atoms. The van der Waals surface area contributed by atoms with Crippen LogP contribution in [0.15, 0.2) is 18.6 Å². The standard InChI is InChI=1S/C9H12ClN3/c10-8-1-5-13(6-2-8)9-7-11-3-4-12-9/h3-4,7-8H,1-2,5-6H2. The number of hydrogen-bond donors (Lipinski definition) is 0. The number of anilines is 1. The number of rotatable bonds is 1. The van der Waals surface area contributed by atoms with E-state index >= 15 is 0 Å². The Morgan fingerprint density at radius 1 is 1.31 bits per heavy atom. The molecule has 0 saturated carbocycles. The summed E-state index contributed by atoms with van der Waals surface area (Å²) >= 11 is 6.01. The first-order valence-corrected chi connectivity index (χ1v) is 4.95. The fourth-order valence-electron chi connectivity index (χ4n) is 1.53. The van der Waals surface area contributed by atoms with Gasteiger partial charge in [0.05, 0.1) is 6.20 Å². The molecule has 1 saturated heterocycles. The van der Waals surface area contributed by atoms with Crippen molar-refractivity contribution in [3.8, 4) is 0 Å². The van der Waals surface area contributed by atoms with Gasteiger partial charge < -0.3 is 4.90 Å². The maximum Gasteiger partial charge on any atom is 0.147 e. The highest BCUT2D eigenvalue weighted by Crippen LogP contribution is 2.19. The number of aromatic nitrogens is 2. The molecule has 13 heavy (non-hydrogen) atoms. The molecule has 0 atom stereocenters. The quantitative estimate of drug-likeness (QED) is 0.642. The minimum absolute atomic E-state index is 0.341. The lowest BCUT2D eigenvalue weighted by atomic mass is 10.1. The van der Waals surface area contributed by atoms with E-state index in [4.69, 9.17) is 11.6 Å². The van der Waals surface area contributed by atoms with E-state index < -0.39 is 0 Å². The van der Waals surface area contributed by atoms with Gasteiger partial charge in [-0.25, -0.2) is 4.98 Å². The van der Waals surface area contributed by atoms with Gasteiger partial charge in [0.25, 0.3) is 0 Å². The number of hydrogen-bond acceptors (Lipinski definition) is 3. The molecule has 1 aromatic rings. The zero-order valence-electron chi connectivity index (χ0n) is 7.36. The summed E-state index contributed by atoms with van der Waals surface area (Å²) in [6, 6.07) is 0. The predicted octanol–water partition coefficient (Wildman–Crippen LogP) is 1.68. The number of halogens is 1. The minimum Gasteiger partial charge on any atom is -0.355 e. The van der Waals surface area contributed by atoms with E-state index in [1.165, 1.54) is 0 Å². The van der Waals surface area contributed by atoms with Crippen molar-refractivity contribution in [1.82, 2.24) is 9.97 Å². The summed E-state index contributed by atoms with van der Waals surface area (Å²) in [4.78, 5) is 10.5. The Labute approximate surface area is 82.8 Å². The maximum absolute atomic E-state index is 6.01. The van der Waals surface area contributed by atoms with Crippen LogP contribution < -0.4 is 4.90 Å². The van der Waals surface area contributed by atoms with Gasteiger partial charge in [-0.3, -0.25) is 4.98 Å². The number of alkyl halides is 1. The van der Waals surface area contributed by atoms with Crippen LogP contribution in [0, 0.1) is 0 Å². The van der Waals surface area contributed by atoms with Gasteiger partial charge in [0.2, 0.25) is 0 Å². The van der Waals surface area contributed by atoms with Crippen LogP contribution in [0.2, 0.25) is 0 Å². The van der Waals surface area contributed by atoms with E-state index in [-0.39, 0.29) is 0 Å². The highest BCUT2D eigenvalue weighted by Gasteiger charge is 2.17. The molecule has 0 aromatic carbocycles. The van der Waals surface area contributed by atoms with Gasteiger partial charge in [0.15, 0.2) is 0 Å². The molecule has 2 rings (SSSR count). The van der Waals surface area contributed by atoms with Crippen molar-refractivity contribution in [2.45, 2.75) is 18.2 Å². The van der Waals surface area contributed by atoms with Crippen molar-refractivity contribution in [2.24, 2.45) is 0 Å². The van der Waals surface area contributed by atoms with Crippen LogP contribution in [-0.4, -0.2) is 28.4 Å². The monoisotopic (exact) mass is 197 g/mol. The first kappa shape index (κ1) is 8.75. The van der Waals surface area contributed by atoms with Crippen LogP contribution in [0.5, 0.6) is 0 Å². The Bertz CT molecular complexity index is 257. The molecule has 3 nitrogen and oxygen atoms in total. The van der Waals surface area contributed by atoms with Crippen LogP contribution in [0.3, 0.4) is 0 Å². The fraction of sp³-hybridized carbons (Fsp3) is 0.556. The van der Waals surface area contributed by atoms with Crippen molar-refractivity contribution >= 4 is 17.4 Å². The Hall–Kier alpha value is -0.830. The van der Waals surface area contributed by atoms with E-state index in [1.54, 1.807) is 18.6 Å². The molecule has 70 valence electrons. The Kier molecular flexibility index (Phi) is 2.64. The van der Waals surface area contributed by atoms with Gasteiger partial charge in [0.1, 0.15) is 5.82 Å². The molecule has 4 heteroatoms. The molecular formula is C9H12ClN3. The maximum atomic E-state index is 6.01. The lowest BCUT2D eigenvalue weighted by molar-refractivity contribution is 0.580. The smallest absolute Gasteiger partial charge is 0.147 e. The van der Waals surface area contributed by atoms with Crippen molar-refractivity contribution in [3.05, 3.63) is 18.6 Å². The zero-order chi connectivity index (χ0) is 9.10. The van der Waals surface area contributed by atoms with Crippen LogP contribution in [0.4, 0.5) is 5.82 Å². The number of piperidine rings is 1. The van der Waals surface area contributed by atoms with Crippen LogP contribution in [-0.2, 0) is 0 Å². The fourth-order valence-corrected chi connectivity index (χ4v) is 1.73. The SMILES string of the molecule is ClC1CCN(c2cnccn2)CC1. The lowest BCUT2D eigenvalue weighted by Gasteiger charge is -2.29. The van der Waals surface area contributed by atoms with Crippen LogP contribution in [0.1, 0.15) is 12.8 Å². The molecular weight excluding hydrogens is 186 g/mol. The van der Waals surface area contributed by atoms with E-state index in [2.05, 4.69) is 14.9 Å². The van der Waals surface area contributed by atoms with Gasteiger partial charge in [-0.1, -0.05) is 0 Å². The molecule has 0 radical (unpaired) electrons. The largest absolute Gasteiger partial charge is 0.355 e. The van der Waals surface area contributed by atoms with Gasteiger partial charge in [-0.2, -0.15) is 0 Å². The molecule has 2 heterocycles. The molecule has 1 aliphatic heterocycles. The summed E-state index contributed by atoms with van der Waals surface area (Å²) in [6.07, 6.45) is 7.30. The van der Waals surface area contributed by atoms with Crippen LogP contribution >= 0.6 is 11.6 Å². The summed E-state index contributed by atoms with van der Waals surface area (Å²) in [7, 11) is 0. The predicted molar refractivity (Wildman–Crippen MR) is 53.1 cm³/mol. The van der Waals surface area contributed by atoms with E-state index in [1.807, 2.05) is 0 Å². The Balaban J connectivity index is 2.03. The molecule has 1 aromatic heterocycles. The summed E-state index contributed by atoms with van der Waals surface area (Å²) in [6.45, 7) is 1.99. The topological polar surface area (TPSA) is 29.0 Å². The molecule has 0 aliphatic carbocycles. The highest BCUT2D eigenvalue weighted by molar-refractivity contribution is 6.20. The summed E-state index contributed by atoms with van der Waals surface area (Å²) in [5.74, 6) is 0.964. The summed E-state index contributed by atoms with van der Waals surface area (Å²) < 4.78 is 0. The third kappa shape index (κ3) is 2.10. The molecule has 0 unspecified atom stereocenters. The lowest BCUT2D eigenvalue weighted by Crippen LogP contribution is -2.34. The third-order valence-corrected chi connectivity index (χ3v) is 2.73. The molecule has 1 aliphatic rings. The second-order valence-electron chi connectivity index (χ2n) is 3.23. The van der Waals surface area contributed by atoms with Crippen molar-refractivity contribution < 1.29 is 0 Å². The van der Waals surface area contributed by atoms with Gasteiger partial charge in [0, 0.05) is 30.9 Å². The summed E-state index contributed by atoms with van der Waals surface area (Å²) in [5, 5.41) is 0.341.